The van der Waals surface area contributed by atoms with Gasteiger partial charge >= 0.3 is 6.61 Å². The number of hydrogen-bond donors (Lipinski definition) is 1. The molecule has 0 saturated carbocycles. The number of anilines is 1. The zero-order chi connectivity index (χ0) is 21.9. The van der Waals surface area contributed by atoms with Crippen molar-refractivity contribution in [1.82, 2.24) is 9.47 Å². The second-order valence-corrected chi connectivity index (χ2v) is 7.71. The summed E-state index contributed by atoms with van der Waals surface area (Å²) < 4.78 is 32.2. The highest BCUT2D eigenvalue weighted by atomic mass is 19.3. The maximum absolute atomic E-state index is 13.3. The van der Waals surface area contributed by atoms with Gasteiger partial charge in [0.05, 0.1) is 17.6 Å². The Labute approximate surface area is 176 Å². The summed E-state index contributed by atoms with van der Waals surface area (Å²) in [5.74, 6) is -1.26. The molecule has 6 nitrogen and oxygen atoms in total. The van der Waals surface area contributed by atoms with E-state index in [2.05, 4.69) is 10.1 Å². The number of amides is 2. The standard InChI is InChI=1S/C23H19F2N3O3/c1-12(29)28-11-17-21(22(28)30)19(13-5-3-6-14(9-13)31-23(24)25)15-10-27(2)18-8-4-7-16(26-17)20(15)18/h3-10,19,23,26H,11H2,1-2H3/t19-/m0/s1. The van der Waals surface area contributed by atoms with Crippen molar-refractivity contribution in [3.8, 4) is 5.75 Å². The second-order valence-electron chi connectivity index (χ2n) is 7.71. The van der Waals surface area contributed by atoms with Crippen LogP contribution >= 0.6 is 0 Å². The number of aryl methyl sites for hydroxylation is 1. The fraction of sp³-hybridized carbons (Fsp3) is 0.217. The van der Waals surface area contributed by atoms with Crippen molar-refractivity contribution in [3.05, 3.63) is 71.1 Å². The van der Waals surface area contributed by atoms with Crippen molar-refractivity contribution < 1.29 is 23.1 Å². The first-order valence-corrected chi connectivity index (χ1v) is 9.80. The van der Waals surface area contributed by atoms with E-state index in [-0.39, 0.29) is 24.1 Å². The molecule has 2 amide bonds. The number of alkyl halides is 2. The molecule has 0 fully saturated rings. The van der Waals surface area contributed by atoms with Gasteiger partial charge in [-0.2, -0.15) is 8.78 Å². The van der Waals surface area contributed by atoms with Crippen LogP contribution in [0.2, 0.25) is 0 Å². The number of halogens is 2. The van der Waals surface area contributed by atoms with Crippen LogP contribution in [-0.4, -0.2) is 34.4 Å². The molecule has 1 N–H and O–H groups in total. The predicted molar refractivity (Wildman–Crippen MR) is 111 cm³/mol. The average molecular weight is 423 g/mol. The average Bonchev–Trinajstić information content (AvgIpc) is 3.16. The smallest absolute Gasteiger partial charge is 0.387 e. The monoisotopic (exact) mass is 423 g/mol. The Kier molecular flexibility index (Phi) is 4.32. The Hall–Kier alpha value is -3.68. The predicted octanol–water partition coefficient (Wildman–Crippen LogP) is 3.98. The van der Waals surface area contributed by atoms with Crippen molar-refractivity contribution in [1.29, 1.82) is 0 Å². The molecule has 1 atom stereocenters. The number of aromatic nitrogens is 1. The molecule has 0 spiro atoms. The minimum absolute atomic E-state index is 0.0150. The van der Waals surface area contributed by atoms with E-state index in [0.717, 1.165) is 22.2 Å². The first kappa shape index (κ1) is 19.3. The summed E-state index contributed by atoms with van der Waals surface area (Å²) in [6, 6.07) is 12.2. The van der Waals surface area contributed by atoms with E-state index >= 15 is 0 Å². The minimum Gasteiger partial charge on any atom is -0.435 e. The van der Waals surface area contributed by atoms with E-state index in [1.165, 1.54) is 24.0 Å². The molecule has 0 unspecified atom stereocenters. The molecule has 2 aromatic carbocycles. The summed E-state index contributed by atoms with van der Waals surface area (Å²) in [7, 11) is 1.91. The number of nitrogens with zero attached hydrogens (tertiary/aromatic N) is 2. The van der Waals surface area contributed by atoms with Gasteiger partial charge in [-0.25, -0.2) is 0 Å². The lowest BCUT2D eigenvalue weighted by Crippen LogP contribution is -2.33. The van der Waals surface area contributed by atoms with Crippen LogP contribution in [0.15, 0.2) is 59.9 Å². The van der Waals surface area contributed by atoms with Gasteiger partial charge in [-0.15, -0.1) is 0 Å². The Morgan fingerprint density at radius 3 is 2.74 bits per heavy atom. The van der Waals surface area contributed by atoms with Gasteiger partial charge in [0.15, 0.2) is 0 Å². The van der Waals surface area contributed by atoms with Crippen LogP contribution in [0.1, 0.15) is 24.0 Å². The molecule has 2 aliphatic heterocycles. The van der Waals surface area contributed by atoms with Crippen molar-refractivity contribution in [2.75, 3.05) is 11.9 Å². The van der Waals surface area contributed by atoms with Crippen molar-refractivity contribution in [2.24, 2.45) is 7.05 Å². The summed E-state index contributed by atoms with van der Waals surface area (Å²) in [6.45, 7) is -1.46. The highest BCUT2D eigenvalue weighted by molar-refractivity contribution is 6.11. The van der Waals surface area contributed by atoms with Crippen molar-refractivity contribution >= 4 is 28.4 Å². The third-order valence-electron chi connectivity index (χ3n) is 5.84. The van der Waals surface area contributed by atoms with Crippen LogP contribution in [0.4, 0.5) is 14.5 Å². The van der Waals surface area contributed by atoms with Crippen molar-refractivity contribution in [2.45, 2.75) is 19.5 Å². The molecule has 8 heteroatoms. The lowest BCUT2D eigenvalue weighted by Gasteiger charge is -2.20. The highest BCUT2D eigenvalue weighted by Gasteiger charge is 2.41. The molecular formula is C23H19F2N3O3. The van der Waals surface area contributed by atoms with Gasteiger partial charge in [0.2, 0.25) is 5.91 Å². The Bertz CT molecular complexity index is 1280. The van der Waals surface area contributed by atoms with Gasteiger partial charge in [-0.05, 0) is 35.4 Å². The lowest BCUT2D eigenvalue weighted by molar-refractivity contribution is -0.139. The fourth-order valence-corrected chi connectivity index (χ4v) is 4.59. The first-order chi connectivity index (χ1) is 14.8. The number of carbonyl (C=O) groups excluding carboxylic acids is 2. The SMILES string of the molecule is CC(=O)N1CC2=C(C1=O)[C@@H](c1cccc(OC(F)F)c1)c1cn(C)c3cccc(c13)N2. The lowest BCUT2D eigenvalue weighted by atomic mass is 9.84. The van der Waals surface area contributed by atoms with Crippen LogP contribution in [0, 0.1) is 0 Å². The van der Waals surface area contributed by atoms with Gasteiger partial charge in [0.1, 0.15) is 5.75 Å². The number of benzene rings is 2. The Balaban J connectivity index is 1.76. The molecule has 0 aliphatic carbocycles. The van der Waals surface area contributed by atoms with Gasteiger partial charge in [-0.3, -0.25) is 14.5 Å². The maximum Gasteiger partial charge on any atom is 0.387 e. The molecule has 158 valence electrons. The van der Waals surface area contributed by atoms with Gasteiger partial charge in [-0.1, -0.05) is 18.2 Å². The van der Waals surface area contributed by atoms with Crippen molar-refractivity contribution in [3.63, 3.8) is 0 Å². The zero-order valence-electron chi connectivity index (χ0n) is 16.9. The van der Waals surface area contributed by atoms with Gasteiger partial charge in [0.25, 0.3) is 5.91 Å². The largest absolute Gasteiger partial charge is 0.435 e. The Morgan fingerprint density at radius 1 is 1.23 bits per heavy atom. The van der Waals surface area contributed by atoms with Crippen LogP contribution in [0.3, 0.4) is 0 Å². The van der Waals surface area contributed by atoms with Gasteiger partial charge < -0.3 is 14.6 Å². The van der Waals surface area contributed by atoms with Crippen LogP contribution in [-0.2, 0) is 16.6 Å². The van der Waals surface area contributed by atoms with E-state index in [1.54, 1.807) is 12.1 Å². The quantitative estimate of drug-likeness (QED) is 0.692. The molecule has 2 aliphatic rings. The highest BCUT2D eigenvalue weighted by Crippen LogP contribution is 2.46. The molecule has 31 heavy (non-hydrogen) atoms. The zero-order valence-corrected chi connectivity index (χ0v) is 16.9. The number of hydrogen-bond acceptors (Lipinski definition) is 4. The van der Waals surface area contributed by atoms with E-state index in [0.29, 0.717) is 16.8 Å². The maximum atomic E-state index is 13.3. The van der Waals surface area contributed by atoms with E-state index in [4.69, 9.17) is 0 Å². The van der Waals surface area contributed by atoms with Crippen LogP contribution < -0.4 is 10.1 Å². The molecule has 3 aromatic rings. The van der Waals surface area contributed by atoms with Crippen LogP contribution in [0.25, 0.3) is 10.9 Å². The number of ether oxygens (including phenoxy) is 1. The number of imide groups is 1. The second kappa shape index (κ2) is 6.94. The summed E-state index contributed by atoms with van der Waals surface area (Å²) in [5.41, 5.74) is 4.38. The third-order valence-corrected chi connectivity index (χ3v) is 5.84. The molecule has 5 rings (SSSR count). The minimum atomic E-state index is -2.95. The topological polar surface area (TPSA) is 63.6 Å². The first-order valence-electron chi connectivity index (χ1n) is 9.80. The molecule has 1 aromatic heterocycles. The third kappa shape index (κ3) is 2.98. The molecule has 0 saturated heterocycles. The number of nitrogens with one attached hydrogen (secondary N) is 1. The molecule has 0 bridgehead atoms. The summed E-state index contributed by atoms with van der Waals surface area (Å²) in [5, 5.41) is 4.31. The van der Waals surface area contributed by atoms with E-state index < -0.39 is 12.5 Å². The fourth-order valence-electron chi connectivity index (χ4n) is 4.59. The van der Waals surface area contributed by atoms with Crippen LogP contribution in [0.5, 0.6) is 5.75 Å². The molecule has 3 heterocycles. The van der Waals surface area contributed by atoms with E-state index in [9.17, 15) is 18.4 Å². The normalized spacial score (nSPS) is 17.8. The summed E-state index contributed by atoms with van der Waals surface area (Å²) >= 11 is 0. The molecule has 0 radical (unpaired) electrons. The Morgan fingerprint density at radius 2 is 2.00 bits per heavy atom. The number of carbonyl (C=O) groups is 2. The van der Waals surface area contributed by atoms with Gasteiger partial charge in [0, 0.05) is 42.9 Å². The summed E-state index contributed by atoms with van der Waals surface area (Å²) in [4.78, 5) is 26.6. The summed E-state index contributed by atoms with van der Waals surface area (Å²) in [6.07, 6.45) is 1.95. The van der Waals surface area contributed by atoms with E-state index in [1.807, 2.05) is 36.0 Å². The molecular weight excluding hydrogens is 404 g/mol. The number of rotatable bonds is 3.